The number of thioether (sulfide) groups is 1. The lowest BCUT2D eigenvalue weighted by Crippen LogP contribution is -2.31. The molecule has 0 saturated carbocycles. The number of nitrogens with one attached hydrogen (secondary N) is 2. The molecular weight excluding hydrogens is 466 g/mol. The largest absolute Gasteiger partial charge is 0.496 e. The molecule has 1 aliphatic rings. The lowest BCUT2D eigenvalue weighted by atomic mass is 9.86. The number of H-pyrrole nitrogens is 1. The van der Waals surface area contributed by atoms with Gasteiger partial charge in [-0.1, -0.05) is 57.5 Å². The number of aromatic nitrogens is 2. The predicted molar refractivity (Wildman–Crippen MR) is 121 cm³/mol. The van der Waals surface area contributed by atoms with E-state index in [9.17, 15) is 9.59 Å². The first-order valence-corrected chi connectivity index (χ1v) is 11.2. The Labute approximate surface area is 186 Å². The van der Waals surface area contributed by atoms with Crippen LogP contribution in [0.1, 0.15) is 34.6 Å². The Morgan fingerprint density at radius 2 is 2.07 bits per heavy atom. The fraction of sp³-hybridized carbons (Fsp3) is 0.227. The van der Waals surface area contributed by atoms with Crippen molar-refractivity contribution < 1.29 is 9.53 Å². The summed E-state index contributed by atoms with van der Waals surface area (Å²) >= 11 is 4.89. The number of aromatic amines is 1. The van der Waals surface area contributed by atoms with E-state index in [1.807, 2.05) is 43.3 Å². The zero-order valence-corrected chi connectivity index (χ0v) is 18.9. The number of hydrogen-bond acceptors (Lipinski definition) is 5. The molecule has 1 aromatic heterocycles. The number of aryl methyl sites for hydroxylation is 1. The third-order valence-electron chi connectivity index (χ3n) is 4.95. The molecule has 2 heterocycles. The summed E-state index contributed by atoms with van der Waals surface area (Å²) in [7, 11) is 1.57. The fourth-order valence-electron chi connectivity index (χ4n) is 3.62. The Balaban J connectivity index is 1.70. The van der Waals surface area contributed by atoms with E-state index >= 15 is 0 Å². The lowest BCUT2D eigenvalue weighted by molar-refractivity contribution is -0.116. The molecule has 0 aliphatic carbocycles. The zero-order valence-electron chi connectivity index (χ0n) is 16.5. The zero-order chi connectivity index (χ0) is 21.3. The van der Waals surface area contributed by atoms with Crippen molar-refractivity contribution in [2.45, 2.75) is 30.2 Å². The second kappa shape index (κ2) is 8.65. The van der Waals surface area contributed by atoms with Crippen LogP contribution in [-0.2, 0) is 10.5 Å². The van der Waals surface area contributed by atoms with Crippen molar-refractivity contribution in [3.8, 4) is 5.75 Å². The number of methoxy groups -OCH3 is 1. The van der Waals surface area contributed by atoms with E-state index in [2.05, 4.69) is 37.3 Å². The highest BCUT2D eigenvalue weighted by molar-refractivity contribution is 9.10. The molecule has 6 nitrogen and oxygen atoms in total. The minimum Gasteiger partial charge on any atom is -0.496 e. The van der Waals surface area contributed by atoms with Gasteiger partial charge in [-0.2, -0.15) is 0 Å². The van der Waals surface area contributed by atoms with Crippen molar-refractivity contribution in [2.75, 3.05) is 12.4 Å². The van der Waals surface area contributed by atoms with E-state index in [1.54, 1.807) is 7.11 Å². The Kier molecular flexibility index (Phi) is 5.97. The number of fused-ring (bicyclic) bond motifs is 1. The minimum atomic E-state index is -0.437. The summed E-state index contributed by atoms with van der Waals surface area (Å²) < 4.78 is 6.32. The van der Waals surface area contributed by atoms with Crippen LogP contribution in [0.3, 0.4) is 0 Å². The van der Waals surface area contributed by atoms with Crippen molar-refractivity contribution in [1.29, 1.82) is 0 Å². The van der Waals surface area contributed by atoms with E-state index < -0.39 is 5.92 Å². The summed E-state index contributed by atoms with van der Waals surface area (Å²) in [4.78, 5) is 32.8. The van der Waals surface area contributed by atoms with Crippen molar-refractivity contribution in [2.24, 2.45) is 0 Å². The highest BCUT2D eigenvalue weighted by Gasteiger charge is 2.32. The highest BCUT2D eigenvalue weighted by Crippen LogP contribution is 2.39. The Morgan fingerprint density at radius 3 is 2.83 bits per heavy atom. The molecule has 154 valence electrons. The second-order valence-corrected chi connectivity index (χ2v) is 8.98. The number of anilines is 1. The molecule has 2 aromatic carbocycles. The maximum atomic E-state index is 13.0. The molecule has 30 heavy (non-hydrogen) atoms. The number of rotatable bonds is 5. The van der Waals surface area contributed by atoms with Gasteiger partial charge in [-0.25, -0.2) is 4.98 Å². The topological polar surface area (TPSA) is 84.1 Å². The fourth-order valence-corrected chi connectivity index (χ4v) is 4.80. The third-order valence-corrected chi connectivity index (χ3v) is 6.39. The first kappa shape index (κ1) is 20.7. The smallest absolute Gasteiger partial charge is 0.257 e. The number of amides is 1. The Bertz CT molecular complexity index is 1180. The lowest BCUT2D eigenvalue weighted by Gasteiger charge is -2.25. The average Bonchev–Trinajstić information content (AvgIpc) is 2.71. The summed E-state index contributed by atoms with van der Waals surface area (Å²) in [6.45, 7) is 2.04. The van der Waals surface area contributed by atoms with Crippen LogP contribution >= 0.6 is 27.7 Å². The van der Waals surface area contributed by atoms with Crippen LogP contribution in [0.15, 0.2) is 56.9 Å². The maximum absolute atomic E-state index is 13.0. The molecule has 3 aromatic rings. The van der Waals surface area contributed by atoms with Crippen LogP contribution in [0.5, 0.6) is 5.75 Å². The van der Waals surface area contributed by atoms with Crippen molar-refractivity contribution >= 4 is 39.4 Å². The number of halogens is 1. The van der Waals surface area contributed by atoms with Crippen molar-refractivity contribution in [3.05, 3.63) is 79.5 Å². The number of carbonyl (C=O) groups excluding carboxylic acids is 1. The summed E-state index contributed by atoms with van der Waals surface area (Å²) in [5.74, 6) is 0.991. The third kappa shape index (κ3) is 4.29. The maximum Gasteiger partial charge on any atom is 0.257 e. The normalized spacial score (nSPS) is 15.4. The molecule has 4 rings (SSSR count). The van der Waals surface area contributed by atoms with Crippen LogP contribution in [0, 0.1) is 6.92 Å². The number of benzene rings is 2. The van der Waals surface area contributed by atoms with Crippen LogP contribution in [0.2, 0.25) is 0 Å². The quantitative estimate of drug-likeness (QED) is 0.406. The van der Waals surface area contributed by atoms with Gasteiger partial charge in [-0.3, -0.25) is 9.59 Å². The first-order valence-electron chi connectivity index (χ1n) is 9.40. The van der Waals surface area contributed by atoms with Crippen LogP contribution < -0.4 is 15.6 Å². The summed E-state index contributed by atoms with van der Waals surface area (Å²) in [5, 5.41) is 3.24. The van der Waals surface area contributed by atoms with E-state index in [-0.39, 0.29) is 17.9 Å². The molecule has 1 amide bonds. The number of ether oxygens (including phenoxy) is 1. The van der Waals surface area contributed by atoms with E-state index in [0.717, 1.165) is 15.6 Å². The van der Waals surface area contributed by atoms with Crippen molar-refractivity contribution in [1.82, 2.24) is 9.97 Å². The molecule has 2 N–H and O–H groups in total. The summed E-state index contributed by atoms with van der Waals surface area (Å²) in [6.07, 6.45) is 0.153. The Hall–Kier alpha value is -2.58. The molecule has 0 unspecified atom stereocenters. The number of hydrogen-bond donors (Lipinski definition) is 2. The van der Waals surface area contributed by atoms with Gasteiger partial charge >= 0.3 is 0 Å². The van der Waals surface area contributed by atoms with Gasteiger partial charge in [-0.15, -0.1) is 0 Å². The molecule has 1 atom stereocenters. The monoisotopic (exact) mass is 485 g/mol. The van der Waals surface area contributed by atoms with E-state index in [0.29, 0.717) is 28.0 Å². The van der Waals surface area contributed by atoms with Crippen molar-refractivity contribution in [3.63, 3.8) is 0 Å². The molecule has 0 bridgehead atoms. The predicted octanol–water partition coefficient (Wildman–Crippen LogP) is 4.62. The Morgan fingerprint density at radius 1 is 1.23 bits per heavy atom. The van der Waals surface area contributed by atoms with Crippen LogP contribution in [0.4, 0.5) is 5.82 Å². The first-order chi connectivity index (χ1) is 14.4. The van der Waals surface area contributed by atoms with Gasteiger partial charge in [0.2, 0.25) is 5.91 Å². The summed E-state index contributed by atoms with van der Waals surface area (Å²) in [6, 6.07) is 13.7. The van der Waals surface area contributed by atoms with Gasteiger partial charge in [0.05, 0.1) is 12.7 Å². The van der Waals surface area contributed by atoms with Gasteiger partial charge in [0, 0.05) is 28.1 Å². The minimum absolute atomic E-state index is 0.153. The van der Waals surface area contributed by atoms with E-state index in [1.165, 1.54) is 17.3 Å². The van der Waals surface area contributed by atoms with Crippen LogP contribution in [-0.4, -0.2) is 23.0 Å². The number of carbonyl (C=O) groups is 1. The summed E-state index contributed by atoms with van der Waals surface area (Å²) in [5.41, 5.74) is 3.29. The average molecular weight is 486 g/mol. The highest BCUT2D eigenvalue weighted by atomic mass is 79.9. The van der Waals surface area contributed by atoms with Gasteiger partial charge in [0.15, 0.2) is 5.16 Å². The number of nitrogens with zero attached hydrogens (tertiary/aromatic N) is 1. The molecule has 0 fully saturated rings. The van der Waals surface area contributed by atoms with Gasteiger partial charge in [0.1, 0.15) is 11.6 Å². The standard InChI is InChI=1S/C22H20BrN3O3S/c1-12-4-3-5-13(8-12)11-30-22-25-20-19(21(28)26-22)16(10-18(27)24-20)15-9-14(23)6-7-17(15)29-2/h3-9,16H,10-11H2,1-2H3,(H2,24,25,26,27,28)/t16-/m1/s1. The van der Waals surface area contributed by atoms with Gasteiger partial charge in [-0.05, 0) is 30.7 Å². The molecule has 8 heteroatoms. The SMILES string of the molecule is COc1ccc(Br)cc1[C@H]1CC(=O)Nc2nc(SCc3cccc(C)c3)[nH]c(=O)c21. The van der Waals surface area contributed by atoms with Crippen LogP contribution in [0.25, 0.3) is 0 Å². The van der Waals surface area contributed by atoms with Gasteiger partial charge < -0.3 is 15.0 Å². The molecule has 0 saturated heterocycles. The molecule has 1 aliphatic heterocycles. The second-order valence-electron chi connectivity index (χ2n) is 7.10. The van der Waals surface area contributed by atoms with Gasteiger partial charge in [0.25, 0.3) is 5.56 Å². The molecule has 0 spiro atoms. The molecule has 0 radical (unpaired) electrons. The van der Waals surface area contributed by atoms with E-state index in [4.69, 9.17) is 4.74 Å². The molecular formula is C22H20BrN3O3S.